The third-order valence-electron chi connectivity index (χ3n) is 4.00. The lowest BCUT2D eigenvalue weighted by molar-refractivity contribution is -0.141. The molecule has 0 saturated heterocycles. The average Bonchev–Trinajstić information content (AvgIpc) is 2.95. The number of benzene rings is 2. The van der Waals surface area contributed by atoms with Gasteiger partial charge in [0.25, 0.3) is 5.91 Å². The van der Waals surface area contributed by atoms with E-state index in [9.17, 15) is 19.1 Å². The molecule has 0 saturated carbocycles. The number of hydrogen-bond acceptors (Lipinski definition) is 3. The number of thiazole rings is 1. The fourth-order valence-electron chi connectivity index (χ4n) is 2.76. The van der Waals surface area contributed by atoms with Gasteiger partial charge in [-0.2, -0.15) is 4.99 Å². The number of hydrogen-bond donors (Lipinski definition) is 1. The second-order valence-corrected chi connectivity index (χ2v) is 6.80. The molecule has 0 spiro atoms. The molecule has 0 radical (unpaired) electrons. The molecule has 3 aromatic rings. The third-order valence-corrected chi connectivity index (χ3v) is 5.04. The van der Waals surface area contributed by atoms with Crippen molar-refractivity contribution < 1.29 is 19.1 Å². The molecule has 0 aliphatic rings. The number of carboxylic acids is 1. The largest absolute Gasteiger partial charge is 0.480 e. The van der Waals surface area contributed by atoms with Crippen molar-refractivity contribution in [2.45, 2.75) is 25.8 Å². The molecule has 2 aromatic carbocycles. The number of carbonyl (C=O) groups excluding carboxylic acids is 1. The predicted octanol–water partition coefficient (Wildman–Crippen LogP) is 3.55. The fraction of sp³-hybridized carbons (Fsp3) is 0.211. The van der Waals surface area contributed by atoms with Gasteiger partial charge < -0.3 is 9.67 Å². The minimum Gasteiger partial charge on any atom is -0.480 e. The van der Waals surface area contributed by atoms with E-state index in [1.54, 1.807) is 11.5 Å². The van der Waals surface area contributed by atoms with Gasteiger partial charge in [-0.1, -0.05) is 42.5 Å². The van der Waals surface area contributed by atoms with Crippen LogP contribution >= 0.6 is 11.3 Å². The Morgan fingerprint density at radius 3 is 2.54 bits per heavy atom. The number of aliphatic carboxylic acids is 1. The lowest BCUT2D eigenvalue weighted by atomic mass is 10.1. The number of amides is 1. The van der Waals surface area contributed by atoms with Crippen molar-refractivity contribution in [3.05, 3.63) is 64.7 Å². The summed E-state index contributed by atoms with van der Waals surface area (Å²) in [5.41, 5.74) is 1.39. The molecule has 7 heteroatoms. The lowest BCUT2D eigenvalue weighted by Crippen LogP contribution is -2.27. The van der Waals surface area contributed by atoms with Crippen LogP contribution in [0.15, 0.2) is 53.5 Å². The third kappa shape index (κ3) is 3.72. The first-order valence-electron chi connectivity index (χ1n) is 8.14. The number of aromatic nitrogens is 1. The maximum Gasteiger partial charge on any atom is 0.326 e. The standard InChI is InChI=1S/C19H17FN2O3S/c1-2-14(18(24)25)22-15-5-3-4-6-16(15)26-19(22)21-17(23)11-12-7-9-13(20)10-8-12/h3-10,14H,2,11H2,1H3,(H,24,25)/b21-19+. The molecular weight excluding hydrogens is 355 g/mol. The molecular formula is C19H17FN2O3S. The summed E-state index contributed by atoms with van der Waals surface area (Å²) in [4.78, 5) is 28.5. The first-order chi connectivity index (χ1) is 12.5. The maximum absolute atomic E-state index is 13.0. The zero-order valence-corrected chi connectivity index (χ0v) is 14.9. The van der Waals surface area contributed by atoms with E-state index in [2.05, 4.69) is 4.99 Å². The number of halogens is 1. The smallest absolute Gasteiger partial charge is 0.326 e. The normalized spacial score (nSPS) is 13.1. The van der Waals surface area contributed by atoms with Crippen molar-refractivity contribution in [3.63, 3.8) is 0 Å². The van der Waals surface area contributed by atoms with Crippen LogP contribution in [0.4, 0.5) is 4.39 Å². The molecule has 1 N–H and O–H groups in total. The molecule has 3 rings (SSSR count). The van der Waals surface area contributed by atoms with Gasteiger partial charge in [-0.05, 0) is 36.2 Å². The zero-order valence-electron chi connectivity index (χ0n) is 14.1. The number of nitrogens with zero attached hydrogens (tertiary/aromatic N) is 2. The monoisotopic (exact) mass is 372 g/mol. The minimum absolute atomic E-state index is 0.0262. The van der Waals surface area contributed by atoms with Crippen LogP contribution in [0.3, 0.4) is 0 Å². The molecule has 0 aliphatic carbocycles. The second kappa shape index (κ2) is 7.61. The van der Waals surface area contributed by atoms with Crippen LogP contribution < -0.4 is 4.80 Å². The van der Waals surface area contributed by atoms with Gasteiger partial charge in [0, 0.05) is 0 Å². The molecule has 0 fully saturated rings. The molecule has 1 unspecified atom stereocenters. The number of fused-ring (bicyclic) bond motifs is 1. The summed E-state index contributed by atoms with van der Waals surface area (Å²) in [6.45, 7) is 1.78. The van der Waals surface area contributed by atoms with Crippen molar-refractivity contribution in [1.82, 2.24) is 4.57 Å². The van der Waals surface area contributed by atoms with Crippen LogP contribution in [0, 0.1) is 5.82 Å². The molecule has 0 aliphatic heterocycles. The highest BCUT2D eigenvalue weighted by atomic mass is 32.1. The zero-order chi connectivity index (χ0) is 18.7. The molecule has 0 bridgehead atoms. The van der Waals surface area contributed by atoms with Gasteiger partial charge in [0.05, 0.1) is 16.6 Å². The van der Waals surface area contributed by atoms with Crippen molar-refractivity contribution >= 4 is 33.4 Å². The van der Waals surface area contributed by atoms with E-state index in [4.69, 9.17) is 0 Å². The van der Waals surface area contributed by atoms with Crippen LogP contribution in [0.2, 0.25) is 0 Å². The van der Waals surface area contributed by atoms with E-state index in [0.717, 1.165) is 10.2 Å². The summed E-state index contributed by atoms with van der Waals surface area (Å²) < 4.78 is 15.4. The van der Waals surface area contributed by atoms with E-state index < -0.39 is 17.9 Å². The van der Waals surface area contributed by atoms with Crippen LogP contribution in [0.25, 0.3) is 10.2 Å². The van der Waals surface area contributed by atoms with Gasteiger partial charge in [-0.15, -0.1) is 0 Å². The second-order valence-electron chi connectivity index (χ2n) is 5.79. The molecule has 5 nitrogen and oxygen atoms in total. The molecule has 1 atom stereocenters. The Morgan fingerprint density at radius 2 is 1.88 bits per heavy atom. The summed E-state index contributed by atoms with van der Waals surface area (Å²) in [6.07, 6.45) is 0.397. The molecule has 1 amide bonds. The van der Waals surface area contributed by atoms with E-state index >= 15 is 0 Å². The number of rotatable bonds is 5. The fourth-order valence-corrected chi connectivity index (χ4v) is 3.85. The Morgan fingerprint density at radius 1 is 1.19 bits per heavy atom. The highest BCUT2D eigenvalue weighted by Gasteiger charge is 2.21. The van der Waals surface area contributed by atoms with E-state index in [1.165, 1.54) is 35.6 Å². The number of para-hydroxylation sites is 1. The van der Waals surface area contributed by atoms with Gasteiger partial charge in [0.15, 0.2) is 4.80 Å². The topological polar surface area (TPSA) is 71.7 Å². The molecule has 1 aromatic heterocycles. The van der Waals surface area contributed by atoms with Crippen LogP contribution in [0.5, 0.6) is 0 Å². The minimum atomic E-state index is -0.969. The SMILES string of the molecule is CCC(C(=O)O)n1/c(=N\C(=O)Cc2ccc(F)cc2)sc2ccccc21. The maximum atomic E-state index is 13.0. The Labute approximate surface area is 153 Å². The molecule has 134 valence electrons. The quantitative estimate of drug-likeness (QED) is 0.744. The summed E-state index contributed by atoms with van der Waals surface area (Å²) >= 11 is 1.28. The van der Waals surface area contributed by atoms with E-state index in [1.807, 2.05) is 24.3 Å². The Balaban J connectivity index is 2.05. The summed E-state index contributed by atoms with van der Waals surface area (Å²) in [6, 6.07) is 12.2. The van der Waals surface area contributed by atoms with Gasteiger partial charge in [-0.3, -0.25) is 4.79 Å². The average molecular weight is 372 g/mol. The van der Waals surface area contributed by atoms with Gasteiger partial charge in [0.2, 0.25) is 0 Å². The van der Waals surface area contributed by atoms with Crippen molar-refractivity contribution in [2.75, 3.05) is 0 Å². The van der Waals surface area contributed by atoms with E-state index in [-0.39, 0.29) is 12.2 Å². The van der Waals surface area contributed by atoms with Crippen molar-refractivity contribution in [3.8, 4) is 0 Å². The Kier molecular flexibility index (Phi) is 5.27. The molecule has 26 heavy (non-hydrogen) atoms. The summed E-state index contributed by atoms with van der Waals surface area (Å²) in [5.74, 6) is -1.74. The van der Waals surface area contributed by atoms with Crippen molar-refractivity contribution in [2.24, 2.45) is 4.99 Å². The summed E-state index contributed by atoms with van der Waals surface area (Å²) in [5, 5.41) is 9.55. The Hall–Kier alpha value is -2.80. The van der Waals surface area contributed by atoms with Crippen molar-refractivity contribution in [1.29, 1.82) is 0 Å². The van der Waals surface area contributed by atoms with Crippen LogP contribution in [-0.2, 0) is 16.0 Å². The van der Waals surface area contributed by atoms with E-state index in [0.29, 0.717) is 16.8 Å². The number of carbonyl (C=O) groups is 2. The van der Waals surface area contributed by atoms with Crippen LogP contribution in [-0.4, -0.2) is 21.6 Å². The molecule has 1 heterocycles. The van der Waals surface area contributed by atoms with Crippen LogP contribution in [0.1, 0.15) is 24.9 Å². The van der Waals surface area contributed by atoms with Gasteiger partial charge >= 0.3 is 5.97 Å². The highest BCUT2D eigenvalue weighted by Crippen LogP contribution is 2.22. The Bertz CT molecular complexity index is 1020. The summed E-state index contributed by atoms with van der Waals surface area (Å²) in [7, 11) is 0. The first-order valence-corrected chi connectivity index (χ1v) is 8.96. The van der Waals surface area contributed by atoms with Gasteiger partial charge in [-0.25, -0.2) is 9.18 Å². The predicted molar refractivity (Wildman–Crippen MR) is 97.5 cm³/mol. The number of carboxylic acid groups (broad SMARTS) is 1. The first kappa shape index (κ1) is 18.0. The van der Waals surface area contributed by atoms with Gasteiger partial charge in [0.1, 0.15) is 11.9 Å². The lowest BCUT2D eigenvalue weighted by Gasteiger charge is -2.13. The highest BCUT2D eigenvalue weighted by molar-refractivity contribution is 7.16.